The number of hydrogen-bond donors (Lipinski definition) is 2. The summed E-state index contributed by atoms with van der Waals surface area (Å²) < 4.78 is 5.81. The third-order valence-corrected chi connectivity index (χ3v) is 4.74. The molecule has 0 saturated heterocycles. The van der Waals surface area contributed by atoms with Crippen LogP contribution in [0, 0.1) is 5.92 Å². The van der Waals surface area contributed by atoms with Gasteiger partial charge in [0.15, 0.2) is 0 Å². The van der Waals surface area contributed by atoms with Crippen molar-refractivity contribution in [2.45, 2.75) is 12.3 Å². The molecule has 1 saturated carbocycles. The Kier molecular flexibility index (Phi) is 4.85. The lowest BCUT2D eigenvalue weighted by atomic mass is 10.1. The smallest absolute Gasteiger partial charge is 0.338 e. The number of nitrogens with zero attached hydrogens (tertiary/aromatic N) is 1. The molecule has 1 fully saturated rings. The van der Waals surface area contributed by atoms with Gasteiger partial charge in [-0.3, -0.25) is 5.21 Å². The van der Waals surface area contributed by atoms with Gasteiger partial charge in [-0.1, -0.05) is 35.3 Å². The Hall–Kier alpha value is -1.95. The van der Waals surface area contributed by atoms with Crippen LogP contribution in [0.25, 0.3) is 0 Å². The Morgan fingerprint density at radius 3 is 2.67 bits per heavy atom. The SMILES string of the molecule is NC(=O)N(O)CC1CC1c1cccc(Oc2ccc(Cl)c(Cl)c2)c1. The molecule has 7 heteroatoms. The van der Waals surface area contributed by atoms with Gasteiger partial charge in [0.05, 0.1) is 16.6 Å². The quantitative estimate of drug-likeness (QED) is 0.596. The molecule has 2 aromatic carbocycles. The molecule has 1 aliphatic carbocycles. The molecule has 0 aliphatic heterocycles. The minimum absolute atomic E-state index is 0.197. The van der Waals surface area contributed by atoms with E-state index in [-0.39, 0.29) is 18.4 Å². The Balaban J connectivity index is 1.67. The van der Waals surface area contributed by atoms with Crippen molar-refractivity contribution in [3.63, 3.8) is 0 Å². The van der Waals surface area contributed by atoms with Crippen LogP contribution in [0.3, 0.4) is 0 Å². The van der Waals surface area contributed by atoms with E-state index in [2.05, 4.69) is 0 Å². The van der Waals surface area contributed by atoms with Crippen LogP contribution >= 0.6 is 23.2 Å². The summed E-state index contributed by atoms with van der Waals surface area (Å²) in [6, 6.07) is 12.0. The zero-order valence-corrected chi connectivity index (χ0v) is 14.2. The second-order valence-electron chi connectivity index (χ2n) is 5.77. The highest BCUT2D eigenvalue weighted by Gasteiger charge is 2.40. The second kappa shape index (κ2) is 6.89. The Labute approximate surface area is 149 Å². The lowest BCUT2D eigenvalue weighted by Crippen LogP contribution is -2.34. The number of carbonyl (C=O) groups excluding carboxylic acids is 1. The number of rotatable bonds is 5. The topological polar surface area (TPSA) is 75.8 Å². The van der Waals surface area contributed by atoms with Crippen molar-refractivity contribution >= 4 is 29.2 Å². The predicted octanol–water partition coefficient (Wildman–Crippen LogP) is 4.66. The highest BCUT2D eigenvalue weighted by Crippen LogP contribution is 2.48. The summed E-state index contributed by atoms with van der Waals surface area (Å²) in [6.45, 7) is 0.234. The molecule has 0 spiro atoms. The number of ether oxygens (including phenoxy) is 1. The number of amides is 2. The summed E-state index contributed by atoms with van der Waals surface area (Å²) in [5, 5.41) is 10.9. The van der Waals surface area contributed by atoms with Crippen molar-refractivity contribution in [2.24, 2.45) is 11.7 Å². The number of urea groups is 1. The van der Waals surface area contributed by atoms with Crippen LogP contribution in [0.2, 0.25) is 10.0 Å². The summed E-state index contributed by atoms with van der Waals surface area (Å²) >= 11 is 11.9. The number of primary amides is 1. The zero-order valence-electron chi connectivity index (χ0n) is 12.7. The first-order chi connectivity index (χ1) is 11.4. The van der Waals surface area contributed by atoms with E-state index in [1.807, 2.05) is 24.3 Å². The van der Waals surface area contributed by atoms with E-state index in [9.17, 15) is 10.0 Å². The van der Waals surface area contributed by atoms with Crippen LogP contribution in [0.1, 0.15) is 17.9 Å². The van der Waals surface area contributed by atoms with Gasteiger partial charge in [0.2, 0.25) is 0 Å². The molecule has 0 heterocycles. The van der Waals surface area contributed by atoms with Gasteiger partial charge < -0.3 is 10.5 Å². The first kappa shape index (κ1) is 16.9. The van der Waals surface area contributed by atoms with Gasteiger partial charge in [0.25, 0.3) is 0 Å². The van der Waals surface area contributed by atoms with Crippen LogP contribution in [-0.2, 0) is 0 Å². The molecule has 0 bridgehead atoms. The molecule has 3 rings (SSSR count). The molecule has 2 atom stereocenters. The van der Waals surface area contributed by atoms with Crippen LogP contribution in [0.4, 0.5) is 4.79 Å². The van der Waals surface area contributed by atoms with E-state index in [4.69, 9.17) is 33.7 Å². The van der Waals surface area contributed by atoms with Gasteiger partial charge in [0, 0.05) is 6.07 Å². The molecule has 2 amide bonds. The van der Waals surface area contributed by atoms with E-state index in [1.165, 1.54) is 0 Å². The number of halogens is 2. The van der Waals surface area contributed by atoms with E-state index in [0.717, 1.165) is 12.0 Å². The molecule has 2 unspecified atom stereocenters. The van der Waals surface area contributed by atoms with Gasteiger partial charge in [-0.25, -0.2) is 9.86 Å². The average molecular weight is 367 g/mol. The first-order valence-corrected chi connectivity index (χ1v) is 8.18. The fourth-order valence-electron chi connectivity index (χ4n) is 2.65. The highest BCUT2D eigenvalue weighted by atomic mass is 35.5. The fourth-order valence-corrected chi connectivity index (χ4v) is 2.94. The number of benzene rings is 2. The Morgan fingerprint density at radius 1 is 1.21 bits per heavy atom. The minimum atomic E-state index is -0.836. The number of hydrogen-bond acceptors (Lipinski definition) is 3. The van der Waals surface area contributed by atoms with Crippen LogP contribution in [0.15, 0.2) is 42.5 Å². The van der Waals surface area contributed by atoms with Crippen molar-refractivity contribution in [1.82, 2.24) is 5.06 Å². The molecule has 5 nitrogen and oxygen atoms in total. The lowest BCUT2D eigenvalue weighted by Gasteiger charge is -2.12. The molecule has 2 aromatic rings. The van der Waals surface area contributed by atoms with Gasteiger partial charge >= 0.3 is 6.03 Å². The maximum absolute atomic E-state index is 10.9. The summed E-state index contributed by atoms with van der Waals surface area (Å²) in [5.74, 6) is 1.76. The maximum atomic E-state index is 10.9. The van der Waals surface area contributed by atoms with Crippen LogP contribution in [-0.4, -0.2) is 22.8 Å². The average Bonchev–Trinajstić information content (AvgIpc) is 3.30. The number of nitrogens with two attached hydrogens (primary N) is 1. The van der Waals surface area contributed by atoms with Crippen molar-refractivity contribution < 1.29 is 14.7 Å². The molecular weight excluding hydrogens is 351 g/mol. The lowest BCUT2D eigenvalue weighted by molar-refractivity contribution is -0.0431. The monoisotopic (exact) mass is 366 g/mol. The molecular formula is C17H16Cl2N2O3. The van der Waals surface area contributed by atoms with E-state index >= 15 is 0 Å². The molecule has 126 valence electrons. The van der Waals surface area contributed by atoms with Crippen LogP contribution < -0.4 is 10.5 Å². The van der Waals surface area contributed by atoms with Crippen molar-refractivity contribution in [3.05, 3.63) is 58.1 Å². The van der Waals surface area contributed by atoms with Gasteiger partial charge in [-0.15, -0.1) is 0 Å². The normalized spacial score (nSPS) is 19.0. The van der Waals surface area contributed by atoms with Crippen molar-refractivity contribution in [1.29, 1.82) is 0 Å². The molecule has 3 N–H and O–H groups in total. The van der Waals surface area contributed by atoms with E-state index in [1.54, 1.807) is 18.2 Å². The second-order valence-corrected chi connectivity index (χ2v) is 6.59. The molecule has 1 aliphatic rings. The van der Waals surface area contributed by atoms with Crippen molar-refractivity contribution in [3.8, 4) is 11.5 Å². The highest BCUT2D eigenvalue weighted by molar-refractivity contribution is 6.42. The molecule has 24 heavy (non-hydrogen) atoms. The molecule has 0 aromatic heterocycles. The zero-order chi connectivity index (χ0) is 17.3. The minimum Gasteiger partial charge on any atom is -0.457 e. The third-order valence-electron chi connectivity index (χ3n) is 4.00. The number of carbonyl (C=O) groups is 1. The third kappa shape index (κ3) is 3.93. The van der Waals surface area contributed by atoms with Gasteiger partial charge in [0.1, 0.15) is 11.5 Å². The van der Waals surface area contributed by atoms with Crippen molar-refractivity contribution in [2.75, 3.05) is 6.54 Å². The predicted molar refractivity (Wildman–Crippen MR) is 91.9 cm³/mol. The fraction of sp³-hybridized carbons (Fsp3) is 0.235. The first-order valence-electron chi connectivity index (χ1n) is 7.43. The summed E-state index contributed by atoms with van der Waals surface area (Å²) in [7, 11) is 0. The number of hydroxylamine groups is 2. The Bertz CT molecular complexity index is 769. The van der Waals surface area contributed by atoms with E-state index < -0.39 is 6.03 Å². The summed E-state index contributed by atoms with van der Waals surface area (Å²) in [5.41, 5.74) is 6.12. The largest absolute Gasteiger partial charge is 0.457 e. The standard InChI is InChI=1S/C17H16Cl2N2O3/c18-15-5-4-13(8-16(15)19)24-12-3-1-2-10(6-12)14-7-11(14)9-21(23)17(20)22/h1-6,8,11,14,23H,7,9H2,(H2,20,22). The summed E-state index contributed by atoms with van der Waals surface area (Å²) in [6.07, 6.45) is 0.889. The van der Waals surface area contributed by atoms with Gasteiger partial charge in [-0.2, -0.15) is 0 Å². The Morgan fingerprint density at radius 2 is 1.96 bits per heavy atom. The van der Waals surface area contributed by atoms with Crippen LogP contribution in [0.5, 0.6) is 11.5 Å². The maximum Gasteiger partial charge on any atom is 0.338 e. The molecule has 0 radical (unpaired) electrons. The van der Waals surface area contributed by atoms with Gasteiger partial charge in [-0.05, 0) is 48.1 Å². The summed E-state index contributed by atoms with van der Waals surface area (Å²) in [4.78, 5) is 10.9. The van der Waals surface area contributed by atoms with E-state index in [0.29, 0.717) is 26.6 Å².